The van der Waals surface area contributed by atoms with Gasteiger partial charge in [-0.1, -0.05) is 187 Å². The Morgan fingerprint density at radius 3 is 0.765 bits per heavy atom. The summed E-state index contributed by atoms with van der Waals surface area (Å²) in [6.07, 6.45) is 1.75. The highest BCUT2D eigenvalue weighted by atomic mass is 32.2. The largest absolute Gasteiger partial charge is 0.511 e. The molecule has 0 radical (unpaired) electrons. The quantitative estimate of drug-likeness (QED) is 0.154. The molecular formula is C90H167F3N16O26S. The molecule has 0 atom stereocenters. The maximum Gasteiger partial charge on any atom is 0.511 e. The molecule has 136 heavy (non-hydrogen) atoms. The van der Waals surface area contributed by atoms with Gasteiger partial charge < -0.3 is 76.0 Å². The molecule has 790 valence electrons. The second kappa shape index (κ2) is 77.9. The summed E-state index contributed by atoms with van der Waals surface area (Å²) in [5.41, 5.74) is -7.41. The Kier molecular flexibility index (Phi) is 85.1. The number of nitrogens with zero attached hydrogens (tertiary/aromatic N) is 9. The molecular weight excluding hydrogens is 1810 g/mol. The topological polar surface area (TPSA) is 557 Å². The number of likely N-dealkylation sites (N-methyl/N-ethyl adjacent to an activating group) is 5. The van der Waals surface area contributed by atoms with E-state index in [1.54, 1.807) is 20.8 Å². The molecule has 6 aliphatic rings. The number of carbonyl (C=O) groups is 10. The summed E-state index contributed by atoms with van der Waals surface area (Å²) in [5.74, 6) is 1.93. The fourth-order valence-electron chi connectivity index (χ4n) is 9.79. The van der Waals surface area contributed by atoms with Crippen molar-refractivity contribution in [3.05, 3.63) is 0 Å². The summed E-state index contributed by atoms with van der Waals surface area (Å²) in [5, 5.41) is 17.1. The minimum Gasteiger partial charge on any atom is -0.356 e. The van der Waals surface area contributed by atoms with Crippen molar-refractivity contribution >= 4 is 112 Å². The van der Waals surface area contributed by atoms with E-state index in [0.29, 0.717) is 23.9 Å². The van der Waals surface area contributed by atoms with Gasteiger partial charge in [0, 0.05) is 206 Å². The Balaban J connectivity index is -0.000000139. The van der Waals surface area contributed by atoms with Crippen LogP contribution in [0.15, 0.2) is 0 Å². The Labute approximate surface area is 805 Å². The number of alkyl halides is 3. The van der Waals surface area contributed by atoms with Gasteiger partial charge in [0.25, 0.3) is 0 Å². The van der Waals surface area contributed by atoms with Crippen LogP contribution in [-0.2, 0) is 125 Å². The first-order valence-corrected chi connectivity index (χ1v) is 45.6. The summed E-state index contributed by atoms with van der Waals surface area (Å²) in [4.78, 5) is 245. The lowest BCUT2D eigenvalue weighted by Crippen LogP contribution is -2.63. The maximum absolute atomic E-state index is 12.1. The monoisotopic (exact) mass is 1980 g/mol. The first-order valence-electron chi connectivity index (χ1n) is 44.1. The zero-order valence-electron chi connectivity index (χ0n) is 88.1. The molecule has 10 amide bonds. The van der Waals surface area contributed by atoms with E-state index in [0.717, 1.165) is 124 Å². The van der Waals surface area contributed by atoms with E-state index in [4.69, 9.17) is 67.1 Å². The summed E-state index contributed by atoms with van der Waals surface area (Å²) in [6, 6.07) is 0.182. The molecule has 6 fully saturated rings. The first-order chi connectivity index (χ1) is 61.7. The highest BCUT2D eigenvalue weighted by Gasteiger charge is 2.49. The smallest absolute Gasteiger partial charge is 0.356 e. The first kappa shape index (κ1) is 149. The molecule has 7 N–H and O–H groups in total. The second-order valence-electron chi connectivity index (χ2n) is 39.5. The molecule has 0 aromatic rings. The minimum atomic E-state index is -5.33. The average molecular weight is 1980 g/mol. The van der Waals surface area contributed by atoms with E-state index in [2.05, 4.69) is 79.7 Å². The van der Waals surface area contributed by atoms with Gasteiger partial charge in [-0.15, -0.1) is 0 Å². The number of piperazine rings is 3. The van der Waals surface area contributed by atoms with Crippen LogP contribution in [0.4, 0.5) is 13.2 Å². The van der Waals surface area contributed by atoms with Crippen LogP contribution in [0.2, 0.25) is 0 Å². The summed E-state index contributed by atoms with van der Waals surface area (Å²) in [6.45, 7) is 78.4. The Bertz CT molecular complexity index is 3500. The van der Waals surface area contributed by atoms with E-state index in [9.17, 15) is 69.5 Å². The molecule has 0 bridgehead atoms. The van der Waals surface area contributed by atoms with E-state index >= 15 is 0 Å². The molecule has 0 unspecified atom stereocenters. The number of carbonyl (C=O) groups excluding carboxylic acids is 24. The van der Waals surface area contributed by atoms with Gasteiger partial charge >= 0.3 is 58.6 Å². The Morgan fingerprint density at radius 1 is 0.353 bits per heavy atom. The number of nitrogens with one attached hydrogen (secondary N) is 7. The zero-order chi connectivity index (χ0) is 110. The maximum atomic E-state index is 12.1. The predicted molar refractivity (Wildman–Crippen MR) is 495 cm³/mol. The van der Waals surface area contributed by atoms with Crippen LogP contribution in [0.25, 0.3) is 0 Å². The van der Waals surface area contributed by atoms with Crippen LogP contribution in [0.3, 0.4) is 0 Å². The van der Waals surface area contributed by atoms with Gasteiger partial charge in [0.2, 0.25) is 59.1 Å². The van der Waals surface area contributed by atoms with Crippen molar-refractivity contribution in [3.8, 4) is 0 Å². The van der Waals surface area contributed by atoms with E-state index < -0.39 is 27.0 Å². The lowest BCUT2D eigenvalue weighted by molar-refractivity contribution is -0.193. The van der Waals surface area contributed by atoms with Crippen molar-refractivity contribution in [2.75, 3.05) is 173 Å². The van der Waals surface area contributed by atoms with Crippen LogP contribution in [0.1, 0.15) is 222 Å². The fourth-order valence-corrected chi connectivity index (χ4v) is 10.5. The zero-order valence-corrected chi connectivity index (χ0v) is 88.9. The van der Waals surface area contributed by atoms with Gasteiger partial charge in [0.15, 0.2) is 0 Å². The van der Waals surface area contributed by atoms with Crippen molar-refractivity contribution in [1.82, 2.24) is 80.7 Å². The lowest BCUT2D eigenvalue weighted by atomic mass is 9.92. The van der Waals surface area contributed by atoms with Gasteiger partial charge in [0.05, 0.1) is 18.1 Å². The van der Waals surface area contributed by atoms with Crippen molar-refractivity contribution in [1.29, 1.82) is 0 Å². The fraction of sp³-hybridized carbons (Fsp3) is 0.811. The van der Waals surface area contributed by atoms with Crippen LogP contribution < -0.4 is 36.6 Å². The van der Waals surface area contributed by atoms with Gasteiger partial charge in [-0.25, -0.2) is 13.1 Å². The standard InChI is InChI=1S/C10H20N2O.C9H15F3N2O3S.3C9H18N2O.C8H16N2O.C8H17NO.3C7H15NO.7CO2/c1-10(2,3)9(13)12-7-5-11(4)6-8-12;1-8(2,3)7(15)14-4-6(5-14)13-18(16,17)9(10,11)12;1-7(2)9(12)11(4)8-5-10(3)6-8;2*1-8(2)9(12)11-6-4-10(3)5-7-11;1-8(2,3)7(11)10-6-4-9-5-6;1-6(2)9-7(10)8(3,4)5;3*1-5-8-6(9)7(2,3)4;7*2-1-3/h5-8H2,1-4H3;6,13H,4-5H2,1-3H3;7-8H,5-6H2,1-4H3;2*8H,4-7H2,1-3H3;6,9H,4-5H2,1-3H3,(H,10,11);6H,1-5H3,(H,9,10);3*5H2,1-4H3,(H,8,9);;;;;;;. The molecule has 0 aliphatic carbocycles. The van der Waals surface area contributed by atoms with Crippen molar-refractivity contribution in [3.63, 3.8) is 0 Å². The molecule has 6 rings (SSSR count). The molecule has 0 aromatic carbocycles. The van der Waals surface area contributed by atoms with Crippen LogP contribution >= 0.6 is 0 Å². The molecule has 42 nitrogen and oxygen atoms in total. The third-order valence-electron chi connectivity index (χ3n) is 17.9. The van der Waals surface area contributed by atoms with Gasteiger partial charge in [-0.3, -0.25) is 47.9 Å². The minimum absolute atomic E-state index is 0.0363. The number of hydrogen-bond acceptors (Lipinski definition) is 31. The summed E-state index contributed by atoms with van der Waals surface area (Å²) in [7, 11) is 4.93. The highest BCUT2D eigenvalue weighted by molar-refractivity contribution is 7.90. The highest BCUT2D eigenvalue weighted by Crippen LogP contribution is 2.27. The van der Waals surface area contributed by atoms with Crippen LogP contribution in [-0.4, -0.2) is 357 Å². The van der Waals surface area contributed by atoms with Gasteiger partial charge in [-0.2, -0.15) is 80.3 Å². The average Bonchev–Trinajstić information content (AvgIpc) is 0.769. The number of amides is 10. The lowest BCUT2D eigenvalue weighted by Gasteiger charge is -2.42. The number of hydrogen-bond donors (Lipinski definition) is 7. The van der Waals surface area contributed by atoms with Crippen LogP contribution in [0.5, 0.6) is 0 Å². The predicted octanol–water partition coefficient (Wildman–Crippen LogP) is 3.84. The normalized spacial score (nSPS) is 14.7. The summed E-state index contributed by atoms with van der Waals surface area (Å²) < 4.78 is 59.3. The summed E-state index contributed by atoms with van der Waals surface area (Å²) >= 11 is 0. The Hall–Kier alpha value is -10.1. The van der Waals surface area contributed by atoms with Crippen molar-refractivity contribution in [2.45, 2.75) is 251 Å². The third kappa shape index (κ3) is 82.1. The third-order valence-corrected chi connectivity index (χ3v) is 19.1. The van der Waals surface area contributed by atoms with E-state index in [1.165, 1.54) is 9.62 Å². The second-order valence-corrected chi connectivity index (χ2v) is 41.2. The number of rotatable bonds is 11. The molecule has 46 heteroatoms. The SMILES string of the molecule is CC(C)(C)C(=O)N1CC(NS(=O)(=O)C(F)(F)F)C1.CC(C)(C)C(=O)NC1CNC1.CC(C)C(=O)N(C)C1CN(C)C1.CC(C)C(=O)N1CCN(C)CC1.CC(C)C(=O)N1CCN(C)CC1.CC(C)NC(=O)C(C)(C)C.CCNC(=O)C(C)(C)C.CCNC(=O)C(C)(C)C.CCNC(=O)C(C)(C)C.CN1CCN(C(=O)C(C)(C)C)CC1.O=C=O.O=C=O.O=C=O.O=C=O.O=C=O.O=C=O.O=C=O. The van der Waals surface area contributed by atoms with Crippen molar-refractivity contribution < 1.29 is 137 Å². The van der Waals surface area contributed by atoms with E-state index in [-0.39, 0.29) is 160 Å². The molecule has 6 aliphatic heterocycles. The molecule has 0 aromatic heterocycles. The Morgan fingerprint density at radius 2 is 0.596 bits per heavy atom. The van der Waals surface area contributed by atoms with Gasteiger partial charge in [0.1, 0.15) is 0 Å². The number of sulfonamides is 1. The number of likely N-dealkylation sites (tertiary alicyclic amines) is 2. The van der Waals surface area contributed by atoms with Gasteiger partial charge in [-0.05, 0) is 62.8 Å². The number of halogens is 3. The van der Waals surface area contributed by atoms with Crippen LogP contribution in [0, 0.1) is 55.7 Å². The van der Waals surface area contributed by atoms with Crippen molar-refractivity contribution in [2.24, 2.45) is 55.7 Å². The molecule has 0 saturated carbocycles. The molecule has 6 saturated heterocycles. The van der Waals surface area contributed by atoms with E-state index in [1.807, 2.05) is 227 Å². The molecule has 6 heterocycles. The molecule has 0 spiro atoms.